The molecule has 0 amide bonds. The first kappa shape index (κ1) is 11.0. The molecule has 3 fully saturated rings. The first-order valence-corrected chi connectivity index (χ1v) is 7.31. The zero-order valence-electron chi connectivity index (χ0n) is 10.6. The molecule has 16 heavy (non-hydrogen) atoms. The first-order valence-electron chi connectivity index (χ1n) is 7.31. The van der Waals surface area contributed by atoms with Crippen LogP contribution in [0.1, 0.15) is 39.0 Å². The van der Waals surface area contributed by atoms with Crippen LogP contribution >= 0.6 is 0 Å². The molecule has 2 nitrogen and oxygen atoms in total. The van der Waals surface area contributed by atoms with Crippen molar-refractivity contribution in [1.29, 1.82) is 0 Å². The molecule has 1 aliphatic heterocycles. The molecule has 3 aliphatic rings. The summed E-state index contributed by atoms with van der Waals surface area (Å²) in [5.41, 5.74) is 0. The van der Waals surface area contributed by atoms with Crippen molar-refractivity contribution < 1.29 is 0 Å². The van der Waals surface area contributed by atoms with Crippen LogP contribution in [0.15, 0.2) is 0 Å². The second-order valence-corrected chi connectivity index (χ2v) is 6.24. The van der Waals surface area contributed by atoms with Gasteiger partial charge in [-0.25, -0.2) is 0 Å². The molecular formula is C14H26N2. The lowest BCUT2D eigenvalue weighted by atomic mass is 9.95. The fourth-order valence-electron chi connectivity index (χ4n) is 4.18. The Morgan fingerprint density at radius 2 is 2.12 bits per heavy atom. The Kier molecular flexibility index (Phi) is 3.21. The molecule has 0 spiro atoms. The van der Waals surface area contributed by atoms with E-state index in [4.69, 9.17) is 0 Å². The number of rotatable bonds is 4. The van der Waals surface area contributed by atoms with E-state index in [2.05, 4.69) is 17.1 Å². The van der Waals surface area contributed by atoms with Gasteiger partial charge in [-0.2, -0.15) is 0 Å². The normalized spacial score (nSPS) is 43.3. The Balaban J connectivity index is 1.40. The van der Waals surface area contributed by atoms with Crippen molar-refractivity contribution in [3.8, 4) is 0 Å². The third-order valence-corrected chi connectivity index (χ3v) is 5.22. The van der Waals surface area contributed by atoms with Crippen LogP contribution in [-0.2, 0) is 0 Å². The number of nitrogens with zero attached hydrogens (tertiary/aromatic N) is 1. The fraction of sp³-hybridized carbons (Fsp3) is 1.00. The van der Waals surface area contributed by atoms with Crippen molar-refractivity contribution in [3.63, 3.8) is 0 Å². The Morgan fingerprint density at radius 3 is 2.75 bits per heavy atom. The maximum atomic E-state index is 3.87. The van der Waals surface area contributed by atoms with E-state index >= 15 is 0 Å². The molecule has 92 valence electrons. The van der Waals surface area contributed by atoms with E-state index in [9.17, 15) is 0 Å². The van der Waals surface area contributed by atoms with Gasteiger partial charge in [-0.3, -0.25) is 0 Å². The highest BCUT2D eigenvalue weighted by Crippen LogP contribution is 2.44. The molecule has 4 atom stereocenters. The van der Waals surface area contributed by atoms with Crippen LogP contribution in [0.25, 0.3) is 0 Å². The smallest absolute Gasteiger partial charge is 0.00981 e. The largest absolute Gasteiger partial charge is 0.313 e. The predicted molar refractivity (Wildman–Crippen MR) is 67.5 cm³/mol. The lowest BCUT2D eigenvalue weighted by molar-refractivity contribution is 0.311. The van der Waals surface area contributed by atoms with E-state index in [1.807, 2.05) is 0 Å². The van der Waals surface area contributed by atoms with Crippen LogP contribution in [0.4, 0.5) is 0 Å². The maximum absolute atomic E-state index is 3.87. The summed E-state index contributed by atoms with van der Waals surface area (Å²) in [5, 5.41) is 3.87. The van der Waals surface area contributed by atoms with Crippen LogP contribution in [-0.4, -0.2) is 37.1 Å². The number of fused-ring (bicyclic) bond motifs is 2. The van der Waals surface area contributed by atoms with Crippen molar-refractivity contribution in [2.45, 2.75) is 45.1 Å². The topological polar surface area (TPSA) is 15.3 Å². The summed E-state index contributed by atoms with van der Waals surface area (Å²) in [6, 6.07) is 0.884. The Hall–Kier alpha value is -0.0800. The second-order valence-electron chi connectivity index (χ2n) is 6.24. The van der Waals surface area contributed by atoms with E-state index < -0.39 is 0 Å². The summed E-state index contributed by atoms with van der Waals surface area (Å²) in [6.45, 7) is 7.48. The van der Waals surface area contributed by atoms with Crippen molar-refractivity contribution in [2.24, 2.45) is 17.8 Å². The van der Waals surface area contributed by atoms with Gasteiger partial charge in [0.2, 0.25) is 0 Å². The Bertz CT molecular complexity index is 241. The fourth-order valence-corrected chi connectivity index (χ4v) is 4.18. The van der Waals surface area contributed by atoms with Crippen LogP contribution < -0.4 is 5.32 Å². The molecule has 0 aromatic heterocycles. The summed E-state index contributed by atoms with van der Waals surface area (Å²) in [4.78, 5) is 2.59. The third-order valence-electron chi connectivity index (χ3n) is 5.22. The molecule has 2 bridgehead atoms. The molecular weight excluding hydrogens is 196 g/mol. The molecule has 0 radical (unpaired) electrons. The summed E-state index contributed by atoms with van der Waals surface area (Å²) < 4.78 is 0. The van der Waals surface area contributed by atoms with Gasteiger partial charge in [0, 0.05) is 12.6 Å². The summed E-state index contributed by atoms with van der Waals surface area (Å²) in [6.07, 6.45) is 7.46. The molecule has 1 heterocycles. The number of hydrogen-bond donors (Lipinski definition) is 1. The minimum atomic E-state index is 0.884. The molecule has 1 saturated heterocycles. The monoisotopic (exact) mass is 222 g/mol. The number of nitrogens with one attached hydrogen (secondary N) is 1. The van der Waals surface area contributed by atoms with E-state index in [0.29, 0.717) is 0 Å². The van der Waals surface area contributed by atoms with Crippen molar-refractivity contribution in [3.05, 3.63) is 0 Å². The van der Waals surface area contributed by atoms with Gasteiger partial charge in [-0.1, -0.05) is 13.3 Å². The van der Waals surface area contributed by atoms with Crippen molar-refractivity contribution in [2.75, 3.05) is 26.2 Å². The van der Waals surface area contributed by atoms with E-state index in [1.54, 1.807) is 0 Å². The summed E-state index contributed by atoms with van der Waals surface area (Å²) >= 11 is 0. The lowest BCUT2D eigenvalue weighted by Crippen LogP contribution is -2.37. The van der Waals surface area contributed by atoms with Gasteiger partial charge in [0.15, 0.2) is 0 Å². The maximum Gasteiger partial charge on any atom is 0.00981 e. The zero-order valence-corrected chi connectivity index (χ0v) is 10.6. The van der Waals surface area contributed by atoms with Gasteiger partial charge in [0.05, 0.1) is 0 Å². The first-order chi connectivity index (χ1) is 7.85. The molecule has 2 heteroatoms. The van der Waals surface area contributed by atoms with Gasteiger partial charge in [-0.05, 0) is 63.1 Å². The van der Waals surface area contributed by atoms with Crippen LogP contribution in [0, 0.1) is 17.8 Å². The third kappa shape index (κ3) is 2.14. The highest BCUT2D eigenvalue weighted by atomic mass is 15.1. The molecule has 1 N–H and O–H groups in total. The number of likely N-dealkylation sites (tertiary alicyclic amines) is 1. The standard InChI is InChI=1S/C14H26N2/c1-2-16-6-5-12(10-16)9-15-14-8-11-3-4-13(14)7-11/h11-15H,2-10H2,1H3. The summed E-state index contributed by atoms with van der Waals surface area (Å²) in [5.74, 6) is 3.05. The molecule has 0 aromatic rings. The van der Waals surface area contributed by atoms with Gasteiger partial charge in [0.1, 0.15) is 0 Å². The SMILES string of the molecule is CCN1CCC(CNC2CC3CCC2C3)C1. The quantitative estimate of drug-likeness (QED) is 0.784. The molecule has 4 unspecified atom stereocenters. The highest BCUT2D eigenvalue weighted by molar-refractivity contribution is 4.94. The predicted octanol–water partition coefficient (Wildman–Crippen LogP) is 2.11. The van der Waals surface area contributed by atoms with Gasteiger partial charge >= 0.3 is 0 Å². The van der Waals surface area contributed by atoms with Gasteiger partial charge in [-0.15, -0.1) is 0 Å². The Labute approximate surface area is 99.8 Å². The van der Waals surface area contributed by atoms with Gasteiger partial charge in [0.25, 0.3) is 0 Å². The molecule has 2 saturated carbocycles. The minimum absolute atomic E-state index is 0.884. The highest BCUT2D eigenvalue weighted by Gasteiger charge is 2.39. The van der Waals surface area contributed by atoms with Crippen LogP contribution in [0.5, 0.6) is 0 Å². The van der Waals surface area contributed by atoms with Gasteiger partial charge < -0.3 is 10.2 Å². The second kappa shape index (κ2) is 4.66. The summed E-state index contributed by atoms with van der Waals surface area (Å²) in [7, 11) is 0. The lowest BCUT2D eigenvalue weighted by Gasteiger charge is -2.24. The van der Waals surface area contributed by atoms with Crippen LogP contribution in [0.3, 0.4) is 0 Å². The van der Waals surface area contributed by atoms with Crippen molar-refractivity contribution >= 4 is 0 Å². The van der Waals surface area contributed by atoms with E-state index in [-0.39, 0.29) is 0 Å². The number of hydrogen-bond acceptors (Lipinski definition) is 2. The van der Waals surface area contributed by atoms with E-state index in [1.165, 1.54) is 58.3 Å². The van der Waals surface area contributed by atoms with E-state index in [0.717, 1.165) is 23.8 Å². The van der Waals surface area contributed by atoms with Crippen molar-refractivity contribution in [1.82, 2.24) is 10.2 Å². The Morgan fingerprint density at radius 1 is 1.19 bits per heavy atom. The molecule has 2 aliphatic carbocycles. The minimum Gasteiger partial charge on any atom is -0.313 e. The zero-order chi connectivity index (χ0) is 11.0. The average molecular weight is 222 g/mol. The van der Waals surface area contributed by atoms with Crippen LogP contribution in [0.2, 0.25) is 0 Å². The average Bonchev–Trinajstić information content (AvgIpc) is 3.02. The molecule has 0 aromatic carbocycles. The molecule has 3 rings (SSSR count).